The molecule has 0 N–H and O–H groups in total. The molecule has 0 atom stereocenters. The lowest BCUT2D eigenvalue weighted by molar-refractivity contribution is 0.260. The predicted octanol–water partition coefficient (Wildman–Crippen LogP) is 6.74. The highest BCUT2D eigenvalue weighted by Crippen LogP contribution is 2.63. The van der Waals surface area contributed by atoms with E-state index in [4.69, 9.17) is 0 Å². The molecule has 0 aromatic heterocycles. The van der Waals surface area contributed by atoms with Gasteiger partial charge in [0.05, 0.1) is 0 Å². The van der Waals surface area contributed by atoms with E-state index in [2.05, 4.69) is 0 Å². The van der Waals surface area contributed by atoms with Gasteiger partial charge in [-0.25, -0.2) is 0 Å². The van der Waals surface area contributed by atoms with Gasteiger partial charge in [-0.05, 0) is 141 Å². The van der Waals surface area contributed by atoms with Gasteiger partial charge in [0, 0.05) is 0 Å². The maximum Gasteiger partial charge on any atom is -0.00908 e. The standard InChI is InChI=1S/C25H32/c1-5-16-6-2-14(1)20-13-21-15-3-7-17(8-4-15)23(21)25-19-11-9-18(10-12-19)24(25)22(16)20/h14-19H,1-13H2. The highest BCUT2D eigenvalue weighted by atomic mass is 14.5. The van der Waals surface area contributed by atoms with E-state index in [1.54, 1.807) is 0 Å². The molecule has 0 aromatic rings. The Bertz CT molecular complexity index is 658. The Kier molecular flexibility index (Phi) is 2.82. The molecular formula is C25H32. The summed E-state index contributed by atoms with van der Waals surface area (Å²) in [6.45, 7) is 0. The van der Waals surface area contributed by atoms with E-state index in [0.717, 1.165) is 35.5 Å². The van der Waals surface area contributed by atoms with Crippen LogP contribution in [-0.2, 0) is 0 Å². The Hall–Kier alpha value is -0.780. The van der Waals surface area contributed by atoms with Gasteiger partial charge < -0.3 is 0 Å². The quantitative estimate of drug-likeness (QED) is 0.461. The number of fused-ring (bicyclic) bond motifs is 6. The monoisotopic (exact) mass is 332 g/mol. The van der Waals surface area contributed by atoms with Gasteiger partial charge in [-0.1, -0.05) is 11.1 Å². The SMILES string of the molecule is C1C2=C(C3=C(C4=C1C1CCC4CC1)C1CCC3CC1)C1CCC2CC1. The summed E-state index contributed by atoms with van der Waals surface area (Å²) in [6.07, 6.45) is 19.7. The molecule has 25 heavy (non-hydrogen) atoms. The largest absolute Gasteiger partial charge is 0.0592 e. The third-order valence-electron chi connectivity index (χ3n) is 9.74. The molecule has 0 aliphatic heterocycles. The van der Waals surface area contributed by atoms with Crippen LogP contribution >= 0.6 is 0 Å². The van der Waals surface area contributed by atoms with Crippen molar-refractivity contribution in [1.29, 1.82) is 0 Å². The van der Waals surface area contributed by atoms with Gasteiger partial charge in [0.1, 0.15) is 0 Å². The molecule has 6 bridgehead atoms. The molecule has 0 saturated heterocycles. The summed E-state index contributed by atoms with van der Waals surface area (Å²) < 4.78 is 0. The summed E-state index contributed by atoms with van der Waals surface area (Å²) in [4.78, 5) is 0. The van der Waals surface area contributed by atoms with E-state index in [-0.39, 0.29) is 0 Å². The molecule has 0 heteroatoms. The first-order valence-electron chi connectivity index (χ1n) is 11.6. The number of hydrogen-bond acceptors (Lipinski definition) is 0. The third kappa shape index (κ3) is 1.75. The first-order chi connectivity index (χ1) is 12.4. The maximum absolute atomic E-state index is 2.00. The van der Waals surface area contributed by atoms with Gasteiger partial charge in [0.2, 0.25) is 0 Å². The van der Waals surface area contributed by atoms with Crippen LogP contribution in [-0.4, -0.2) is 0 Å². The Morgan fingerprint density at radius 3 is 0.960 bits per heavy atom. The second-order valence-electron chi connectivity index (χ2n) is 10.5. The van der Waals surface area contributed by atoms with Crippen molar-refractivity contribution >= 4 is 0 Å². The van der Waals surface area contributed by atoms with Crippen LogP contribution in [0.2, 0.25) is 0 Å². The second kappa shape index (κ2) is 4.93. The highest BCUT2D eigenvalue weighted by molar-refractivity contribution is 5.60. The van der Waals surface area contributed by atoms with Crippen molar-refractivity contribution in [3.8, 4) is 0 Å². The van der Waals surface area contributed by atoms with Crippen LogP contribution in [0.15, 0.2) is 33.4 Å². The van der Waals surface area contributed by atoms with E-state index in [1.165, 1.54) is 83.5 Å². The van der Waals surface area contributed by atoms with Crippen molar-refractivity contribution in [2.75, 3.05) is 0 Å². The maximum atomic E-state index is 2.00. The molecule has 0 heterocycles. The van der Waals surface area contributed by atoms with Crippen molar-refractivity contribution in [3.63, 3.8) is 0 Å². The van der Waals surface area contributed by atoms with Crippen molar-refractivity contribution in [2.45, 2.75) is 83.5 Å². The predicted molar refractivity (Wildman–Crippen MR) is 102 cm³/mol. The van der Waals surface area contributed by atoms with Gasteiger partial charge in [-0.15, -0.1) is 0 Å². The lowest BCUT2D eigenvalue weighted by Crippen LogP contribution is -2.35. The topological polar surface area (TPSA) is 0 Å². The van der Waals surface area contributed by atoms with E-state index >= 15 is 0 Å². The molecule has 0 aromatic carbocycles. The fraction of sp³-hybridized carbons (Fsp3) is 0.760. The van der Waals surface area contributed by atoms with Crippen molar-refractivity contribution in [1.82, 2.24) is 0 Å². The number of rotatable bonds is 0. The summed E-state index contributed by atoms with van der Waals surface area (Å²) in [5.74, 6) is 5.78. The molecule has 0 unspecified atom stereocenters. The minimum Gasteiger partial charge on any atom is -0.0592 e. The average Bonchev–Trinajstić information content (AvgIpc) is 2.89. The lowest BCUT2D eigenvalue weighted by atomic mass is 9.56. The Labute approximate surface area is 152 Å². The van der Waals surface area contributed by atoms with Crippen LogP contribution in [0.5, 0.6) is 0 Å². The fourth-order valence-corrected chi connectivity index (χ4v) is 8.74. The normalized spacial score (nSPS) is 47.0. The molecule has 3 fully saturated rings. The average molecular weight is 333 g/mol. The fourth-order valence-electron chi connectivity index (χ4n) is 8.74. The van der Waals surface area contributed by atoms with E-state index in [0.29, 0.717) is 0 Å². The van der Waals surface area contributed by atoms with Crippen LogP contribution in [0.4, 0.5) is 0 Å². The molecule has 0 spiro atoms. The van der Waals surface area contributed by atoms with Crippen LogP contribution in [0.1, 0.15) is 83.5 Å². The molecule has 0 nitrogen and oxygen atoms in total. The smallest absolute Gasteiger partial charge is 0.00908 e. The highest BCUT2D eigenvalue weighted by Gasteiger charge is 2.49. The first kappa shape index (κ1) is 14.3. The van der Waals surface area contributed by atoms with Gasteiger partial charge in [-0.3, -0.25) is 0 Å². The van der Waals surface area contributed by atoms with Crippen molar-refractivity contribution in [2.24, 2.45) is 35.5 Å². The minimum absolute atomic E-state index is 0.955. The third-order valence-corrected chi connectivity index (χ3v) is 9.74. The summed E-state index contributed by atoms with van der Waals surface area (Å²) in [5, 5.41) is 0. The summed E-state index contributed by atoms with van der Waals surface area (Å²) >= 11 is 0. The van der Waals surface area contributed by atoms with Gasteiger partial charge in [0.25, 0.3) is 0 Å². The summed E-state index contributed by atoms with van der Waals surface area (Å²) in [7, 11) is 0. The van der Waals surface area contributed by atoms with Crippen molar-refractivity contribution in [3.05, 3.63) is 33.4 Å². The summed E-state index contributed by atoms with van der Waals surface area (Å²) in [5.41, 5.74) is 12.0. The Morgan fingerprint density at radius 2 is 0.600 bits per heavy atom. The van der Waals surface area contributed by atoms with Crippen LogP contribution in [0.25, 0.3) is 0 Å². The molecule has 0 radical (unpaired) electrons. The van der Waals surface area contributed by atoms with E-state index < -0.39 is 0 Å². The second-order valence-corrected chi connectivity index (χ2v) is 10.5. The molecule has 132 valence electrons. The Morgan fingerprint density at radius 1 is 0.320 bits per heavy atom. The molecule has 0 amide bonds. The van der Waals surface area contributed by atoms with E-state index in [1.807, 2.05) is 33.4 Å². The molecule has 10 rings (SSSR count). The zero-order chi connectivity index (χ0) is 16.1. The molecular weight excluding hydrogens is 300 g/mol. The lowest BCUT2D eigenvalue weighted by Gasteiger charge is -2.48. The molecule has 10 aliphatic rings. The summed E-state index contributed by atoms with van der Waals surface area (Å²) in [6, 6.07) is 0. The number of allylic oxidation sites excluding steroid dienone is 6. The number of hydrogen-bond donors (Lipinski definition) is 0. The van der Waals surface area contributed by atoms with Gasteiger partial charge in [-0.2, -0.15) is 0 Å². The first-order valence-corrected chi connectivity index (χ1v) is 11.6. The minimum atomic E-state index is 0.955. The zero-order valence-electron chi connectivity index (χ0n) is 15.7. The zero-order valence-corrected chi connectivity index (χ0v) is 15.7. The molecule has 10 aliphatic carbocycles. The van der Waals surface area contributed by atoms with Crippen LogP contribution in [0, 0.1) is 35.5 Å². The van der Waals surface area contributed by atoms with Crippen LogP contribution in [0.3, 0.4) is 0 Å². The van der Waals surface area contributed by atoms with E-state index in [9.17, 15) is 0 Å². The molecule has 3 saturated carbocycles. The van der Waals surface area contributed by atoms with Gasteiger partial charge in [0.15, 0.2) is 0 Å². The van der Waals surface area contributed by atoms with Crippen molar-refractivity contribution < 1.29 is 0 Å². The Balaban J connectivity index is 1.53. The van der Waals surface area contributed by atoms with Crippen LogP contribution < -0.4 is 0 Å². The van der Waals surface area contributed by atoms with Gasteiger partial charge >= 0.3 is 0 Å².